The maximum atomic E-state index is 11.9. The molecule has 0 bridgehead atoms. The van der Waals surface area contributed by atoms with E-state index in [2.05, 4.69) is 10.3 Å². The van der Waals surface area contributed by atoms with E-state index in [1.54, 1.807) is 16.2 Å². The number of carbonyl (C=O) groups excluding carboxylic acids is 2. The Labute approximate surface area is 121 Å². The first-order valence-electron chi connectivity index (χ1n) is 6.61. The summed E-state index contributed by atoms with van der Waals surface area (Å²) in [4.78, 5) is 25.3. The van der Waals surface area contributed by atoms with E-state index in [1.807, 2.05) is 30.3 Å². The molecule has 0 fully saturated rings. The smallest absolute Gasteiger partial charge is 0.294 e. The van der Waals surface area contributed by atoms with Crippen LogP contribution in [0.3, 0.4) is 0 Å². The fourth-order valence-electron chi connectivity index (χ4n) is 2.60. The first kappa shape index (κ1) is 13.2. The fraction of sp³-hybridized carbons (Fsp3) is 0.200. The summed E-state index contributed by atoms with van der Waals surface area (Å²) >= 11 is 0. The molecule has 0 aliphatic heterocycles. The topological polar surface area (TPSA) is 71.1 Å². The van der Waals surface area contributed by atoms with Crippen LogP contribution in [0.1, 0.15) is 40.3 Å². The van der Waals surface area contributed by atoms with Gasteiger partial charge in [0, 0.05) is 12.5 Å². The summed E-state index contributed by atoms with van der Waals surface area (Å²) < 4.78 is 1.57. The number of Topliss-reactive ketones (excluding diaryl/α,β-unsaturated/α-hetero) is 2. The molecule has 2 aromatic heterocycles. The van der Waals surface area contributed by atoms with Crippen molar-refractivity contribution in [2.24, 2.45) is 0 Å². The molecule has 1 N–H and O–H groups in total. The van der Waals surface area contributed by atoms with Crippen LogP contribution >= 0.6 is 0 Å². The number of ketones is 2. The van der Waals surface area contributed by atoms with Crippen molar-refractivity contribution in [3.8, 4) is 5.69 Å². The van der Waals surface area contributed by atoms with Crippen LogP contribution in [0.4, 0.5) is 0 Å². The van der Waals surface area contributed by atoms with E-state index in [0.29, 0.717) is 22.5 Å². The van der Waals surface area contributed by atoms with Crippen LogP contribution < -0.4 is 4.80 Å². The zero-order valence-corrected chi connectivity index (χ0v) is 12.0. The van der Waals surface area contributed by atoms with Gasteiger partial charge in [-0.3, -0.25) is 9.59 Å². The average Bonchev–Trinajstić information content (AvgIpc) is 2.94. The highest BCUT2D eigenvalue weighted by atomic mass is 16.1. The van der Waals surface area contributed by atoms with Gasteiger partial charge in [0.15, 0.2) is 11.5 Å². The zero-order valence-electron chi connectivity index (χ0n) is 12.0. The number of H-pyrrole nitrogens is 1. The third kappa shape index (κ3) is 1.96. The lowest BCUT2D eigenvalue weighted by molar-refractivity contribution is -0.716. The SMILES string of the molecule is CC(=O)c1c(C)c(C(C)=O)n2[nH][n+](-c3ccccc3)nc12. The minimum absolute atomic E-state index is 0.107. The number of nitrogens with zero attached hydrogens (tertiary/aromatic N) is 3. The molecule has 0 amide bonds. The molecule has 1 aromatic carbocycles. The van der Waals surface area contributed by atoms with Crippen molar-refractivity contribution in [3.05, 3.63) is 47.2 Å². The summed E-state index contributed by atoms with van der Waals surface area (Å²) in [6.07, 6.45) is 0. The van der Waals surface area contributed by atoms with Crippen molar-refractivity contribution in [3.63, 3.8) is 0 Å². The normalized spacial score (nSPS) is 11.0. The Bertz CT molecular complexity index is 809. The van der Waals surface area contributed by atoms with Gasteiger partial charge in [-0.05, 0) is 35.9 Å². The quantitative estimate of drug-likeness (QED) is 0.587. The molecule has 0 unspecified atom stereocenters. The predicted octanol–water partition coefficient (Wildman–Crippen LogP) is 1.65. The van der Waals surface area contributed by atoms with Crippen molar-refractivity contribution in [1.29, 1.82) is 0 Å². The van der Waals surface area contributed by atoms with Crippen LogP contribution in [-0.4, -0.2) is 26.4 Å². The first-order chi connectivity index (χ1) is 10.0. The van der Waals surface area contributed by atoms with Crippen molar-refractivity contribution >= 4 is 17.2 Å². The van der Waals surface area contributed by atoms with E-state index in [1.165, 1.54) is 13.8 Å². The highest BCUT2D eigenvalue weighted by Gasteiger charge is 2.30. The molecule has 3 rings (SSSR count). The number of carbonyl (C=O) groups is 2. The molecule has 0 radical (unpaired) electrons. The summed E-state index contributed by atoms with van der Waals surface area (Å²) in [5.41, 5.74) is 2.88. The van der Waals surface area contributed by atoms with Gasteiger partial charge in [-0.25, -0.2) is 0 Å². The van der Waals surface area contributed by atoms with E-state index in [0.717, 1.165) is 5.69 Å². The van der Waals surface area contributed by atoms with Crippen LogP contribution in [0.15, 0.2) is 30.3 Å². The van der Waals surface area contributed by atoms with Crippen LogP contribution in [0.25, 0.3) is 11.3 Å². The Morgan fingerprint density at radius 3 is 2.38 bits per heavy atom. The maximum Gasteiger partial charge on any atom is 0.297 e. The summed E-state index contributed by atoms with van der Waals surface area (Å²) in [5, 5.41) is 7.45. The molecule has 6 heteroatoms. The van der Waals surface area contributed by atoms with E-state index < -0.39 is 0 Å². The Morgan fingerprint density at radius 1 is 1.14 bits per heavy atom. The van der Waals surface area contributed by atoms with Gasteiger partial charge in [0.05, 0.1) is 5.56 Å². The van der Waals surface area contributed by atoms with Crippen molar-refractivity contribution in [2.75, 3.05) is 0 Å². The molecule has 21 heavy (non-hydrogen) atoms. The molecule has 0 atom stereocenters. The standard InChI is InChI=1S/C15H14N4O2/c1-9-13(10(2)20)15-16-19(12-7-5-4-6-8-12)17-18(15)14(9)11(3)21/h4-8H,1-3H3/p+1. The van der Waals surface area contributed by atoms with Gasteiger partial charge in [0.2, 0.25) is 11.5 Å². The van der Waals surface area contributed by atoms with Crippen LogP contribution in [0.5, 0.6) is 0 Å². The largest absolute Gasteiger partial charge is 0.297 e. The fourth-order valence-corrected chi connectivity index (χ4v) is 2.60. The van der Waals surface area contributed by atoms with Gasteiger partial charge in [-0.15, -0.1) is 0 Å². The van der Waals surface area contributed by atoms with E-state index in [4.69, 9.17) is 0 Å². The molecule has 3 aromatic rings. The molecule has 0 spiro atoms. The summed E-state index contributed by atoms with van der Waals surface area (Å²) in [6.45, 7) is 4.73. The van der Waals surface area contributed by atoms with Gasteiger partial charge in [0.25, 0.3) is 5.65 Å². The lowest BCUT2D eigenvalue weighted by Gasteiger charge is -1.94. The van der Waals surface area contributed by atoms with Crippen molar-refractivity contribution in [2.45, 2.75) is 20.8 Å². The number of hydrogen-bond acceptors (Lipinski definition) is 3. The predicted molar refractivity (Wildman–Crippen MR) is 75.8 cm³/mol. The molecule has 0 aliphatic rings. The van der Waals surface area contributed by atoms with Crippen LogP contribution in [0, 0.1) is 6.92 Å². The van der Waals surface area contributed by atoms with E-state index >= 15 is 0 Å². The Kier molecular flexibility index (Phi) is 2.94. The third-order valence-corrected chi connectivity index (χ3v) is 3.46. The molecule has 6 nitrogen and oxygen atoms in total. The van der Waals surface area contributed by atoms with Crippen LogP contribution in [-0.2, 0) is 0 Å². The van der Waals surface area contributed by atoms with Gasteiger partial charge < -0.3 is 0 Å². The minimum atomic E-state index is -0.112. The molecular weight excluding hydrogens is 268 g/mol. The highest BCUT2D eigenvalue weighted by Crippen LogP contribution is 2.21. The van der Waals surface area contributed by atoms with Gasteiger partial charge >= 0.3 is 0 Å². The Morgan fingerprint density at radius 2 is 1.81 bits per heavy atom. The second-order valence-corrected chi connectivity index (χ2v) is 4.97. The number of aromatic nitrogens is 4. The summed E-state index contributed by atoms with van der Waals surface area (Å²) in [6, 6.07) is 9.46. The number of benzene rings is 1. The lowest BCUT2D eigenvalue weighted by Crippen LogP contribution is -2.36. The molecule has 0 saturated carbocycles. The number of nitrogens with one attached hydrogen (secondary N) is 1. The molecule has 0 aliphatic carbocycles. The number of hydrogen-bond donors (Lipinski definition) is 1. The zero-order chi connectivity index (χ0) is 15.1. The van der Waals surface area contributed by atoms with Gasteiger partial charge in [0.1, 0.15) is 0 Å². The second kappa shape index (κ2) is 4.66. The number of fused-ring (bicyclic) bond motifs is 1. The van der Waals surface area contributed by atoms with Crippen molar-refractivity contribution in [1.82, 2.24) is 14.8 Å². The van der Waals surface area contributed by atoms with E-state index in [-0.39, 0.29) is 11.6 Å². The van der Waals surface area contributed by atoms with Gasteiger partial charge in [-0.2, -0.15) is 0 Å². The number of aromatic amines is 1. The molecule has 0 saturated heterocycles. The average molecular weight is 283 g/mol. The van der Waals surface area contributed by atoms with E-state index in [9.17, 15) is 9.59 Å². The highest BCUT2D eigenvalue weighted by molar-refractivity contribution is 6.06. The van der Waals surface area contributed by atoms with Crippen molar-refractivity contribution < 1.29 is 14.4 Å². The van der Waals surface area contributed by atoms with Gasteiger partial charge in [-0.1, -0.05) is 27.9 Å². The maximum absolute atomic E-state index is 11.9. The third-order valence-electron chi connectivity index (χ3n) is 3.46. The Balaban J connectivity index is 2.33. The molecule has 2 heterocycles. The van der Waals surface area contributed by atoms with Crippen LogP contribution in [0.2, 0.25) is 0 Å². The Hall–Kier alpha value is -2.76. The number of rotatable bonds is 3. The monoisotopic (exact) mass is 283 g/mol. The summed E-state index contributed by atoms with van der Waals surface area (Å²) in [5.74, 6) is -0.219. The second-order valence-electron chi connectivity index (χ2n) is 4.97. The molecule has 106 valence electrons. The minimum Gasteiger partial charge on any atom is -0.294 e. The number of para-hydroxylation sites is 1. The first-order valence-corrected chi connectivity index (χ1v) is 6.61. The lowest BCUT2D eigenvalue weighted by atomic mass is 10.1. The number of tetrazole rings is 1. The summed E-state index contributed by atoms with van der Waals surface area (Å²) in [7, 11) is 0. The molecular formula is C15H15N4O2+.